The summed E-state index contributed by atoms with van der Waals surface area (Å²) in [6.45, 7) is 1.36. The van der Waals surface area contributed by atoms with Crippen LogP contribution in [0.1, 0.15) is 73.7 Å². The number of pyridine rings is 2. The number of rotatable bonds is 17. The van der Waals surface area contributed by atoms with Crippen molar-refractivity contribution in [2.24, 2.45) is 0 Å². The number of carbonyl (C=O) groups excluding carboxylic acids is 4. The Morgan fingerprint density at radius 1 is 1.01 bits per heavy atom. The third kappa shape index (κ3) is 11.4. The number of piperazine rings is 1. The minimum absolute atomic E-state index is 0.0445. The number of aliphatic hydroxyl groups is 1. The van der Waals surface area contributed by atoms with Crippen molar-refractivity contribution < 1.29 is 46.6 Å². The summed E-state index contributed by atoms with van der Waals surface area (Å²) in [7, 11) is 0. The van der Waals surface area contributed by atoms with E-state index in [4.69, 9.17) is 21.3 Å². The van der Waals surface area contributed by atoms with E-state index in [-0.39, 0.29) is 40.5 Å². The van der Waals surface area contributed by atoms with Crippen molar-refractivity contribution in [3.05, 3.63) is 130 Å². The van der Waals surface area contributed by atoms with Gasteiger partial charge in [-0.3, -0.25) is 29.0 Å². The van der Waals surface area contributed by atoms with Crippen molar-refractivity contribution in [1.82, 2.24) is 34.8 Å². The molecule has 0 spiro atoms. The maximum absolute atomic E-state index is 15.5. The van der Waals surface area contributed by atoms with E-state index in [1.165, 1.54) is 42.6 Å². The van der Waals surface area contributed by atoms with E-state index in [0.717, 1.165) is 76.8 Å². The van der Waals surface area contributed by atoms with Crippen LogP contribution in [0.25, 0.3) is 5.65 Å². The first-order valence-electron chi connectivity index (χ1n) is 24.4. The first-order chi connectivity index (χ1) is 36.1. The zero-order valence-electron chi connectivity index (χ0n) is 40.5. The van der Waals surface area contributed by atoms with Crippen molar-refractivity contribution in [3.8, 4) is 11.9 Å². The highest BCUT2D eigenvalue weighted by molar-refractivity contribution is 6.31. The van der Waals surface area contributed by atoms with Gasteiger partial charge in [-0.05, 0) is 68.0 Å². The van der Waals surface area contributed by atoms with Crippen LogP contribution in [0.3, 0.4) is 0 Å². The Hall–Kier alpha value is -7.90. The molecule has 6 aromatic rings. The summed E-state index contributed by atoms with van der Waals surface area (Å²) in [4.78, 5) is 76.9. The second kappa shape index (κ2) is 22.3. The number of alkyl halides is 2. The largest absolute Gasteiger partial charge is 0.468 e. The number of aromatic nitrogens is 5. The van der Waals surface area contributed by atoms with Crippen molar-refractivity contribution >= 4 is 64.0 Å². The molecule has 1 unspecified atom stereocenters. The molecule has 75 heavy (non-hydrogen) atoms. The topological polar surface area (TPSA) is 215 Å². The number of hydrogen-bond acceptors (Lipinski definition) is 13. The van der Waals surface area contributed by atoms with Gasteiger partial charge in [0.1, 0.15) is 47.7 Å². The molecule has 0 radical (unpaired) electrons. The summed E-state index contributed by atoms with van der Waals surface area (Å²) in [5, 5.41) is 30.0. The van der Waals surface area contributed by atoms with Gasteiger partial charge in [0.25, 0.3) is 17.7 Å². The number of amides is 4. The fraction of sp³-hybridized carbons (Fsp3) is 0.365. The summed E-state index contributed by atoms with van der Waals surface area (Å²) in [6.07, 6.45) is 7.55. The van der Waals surface area contributed by atoms with Crippen LogP contribution in [-0.4, -0.2) is 115 Å². The molecule has 4 aromatic heterocycles. The van der Waals surface area contributed by atoms with Crippen LogP contribution in [-0.2, 0) is 32.1 Å². The number of nitrogens with zero attached hydrogens (tertiary/aromatic N) is 10. The molecule has 2 aliphatic heterocycles. The van der Waals surface area contributed by atoms with E-state index >= 15 is 13.6 Å². The third-order valence-corrected chi connectivity index (χ3v) is 13.8. The van der Waals surface area contributed by atoms with Crippen LogP contribution in [0.5, 0.6) is 5.88 Å². The van der Waals surface area contributed by atoms with Crippen molar-refractivity contribution in [1.29, 1.82) is 5.26 Å². The first-order valence-corrected chi connectivity index (χ1v) is 24.8. The number of nitrogens with one attached hydrogen (secondary N) is 2. The standard InChI is InChI=1S/C52H51ClF4N12O6/c1-2-33-27-62-69-43(21-44(64-49(33)69)66-15-6-5-7-37(66)13-16-70)60-25-32-10-11-45(61-26-32)75-30-47(72)65-28-41(68(46(71)29-65)42-17-31(24-58)12-14-59-42)51(74)67(38-19-34(54)18-35(55)20-38)48(39-8-3-4-9-40(39)53)50(73)63-36-22-52(56,57)23-36/h3-4,8-12,14,17-21,26-27,36-37,41,48,60,70H,2,5-7,13,15-16,22-23,25,28-30H2,1H3,(H,63,73)/t37-,41?,48-/m0/s1. The number of hydrogen-bond donors (Lipinski definition) is 3. The minimum atomic E-state index is -3.07. The van der Waals surface area contributed by atoms with E-state index in [1.807, 2.05) is 19.1 Å². The molecule has 1 saturated carbocycles. The zero-order chi connectivity index (χ0) is 53.0. The van der Waals surface area contributed by atoms with E-state index in [1.54, 1.807) is 29.0 Å². The predicted octanol–water partition coefficient (Wildman–Crippen LogP) is 6.55. The number of aryl methyl sites for hydroxylation is 1. The highest BCUT2D eigenvalue weighted by Crippen LogP contribution is 2.40. The van der Waals surface area contributed by atoms with Crippen molar-refractivity contribution in [2.75, 3.05) is 52.9 Å². The number of nitriles is 1. The molecule has 3 atom stereocenters. The fourth-order valence-electron chi connectivity index (χ4n) is 9.72. The van der Waals surface area contributed by atoms with Crippen LogP contribution >= 0.6 is 11.6 Å². The average molecular weight is 1050 g/mol. The summed E-state index contributed by atoms with van der Waals surface area (Å²) in [6, 6.07) is 13.0. The lowest BCUT2D eigenvalue weighted by molar-refractivity contribution is -0.141. The van der Waals surface area contributed by atoms with Crippen LogP contribution in [0.4, 0.5) is 40.7 Å². The minimum Gasteiger partial charge on any atom is -0.468 e. The Labute approximate surface area is 432 Å². The van der Waals surface area contributed by atoms with Crippen LogP contribution in [0.2, 0.25) is 5.02 Å². The van der Waals surface area contributed by atoms with Crippen LogP contribution in [0, 0.1) is 23.0 Å². The van der Waals surface area contributed by atoms with Gasteiger partial charge in [-0.1, -0.05) is 42.8 Å². The van der Waals surface area contributed by atoms with Gasteiger partial charge in [0, 0.05) is 91.4 Å². The molecule has 3 aliphatic rings. The molecule has 3 fully saturated rings. The molecular weight excluding hydrogens is 1000 g/mol. The monoisotopic (exact) mass is 1050 g/mol. The van der Waals surface area contributed by atoms with Gasteiger partial charge in [-0.25, -0.2) is 32.5 Å². The van der Waals surface area contributed by atoms with E-state index < -0.39 is 97.5 Å². The quantitative estimate of drug-likeness (QED) is 0.0828. The average Bonchev–Trinajstić information content (AvgIpc) is 3.82. The highest BCUT2D eigenvalue weighted by atomic mass is 35.5. The van der Waals surface area contributed by atoms with Crippen molar-refractivity contribution in [3.63, 3.8) is 0 Å². The smallest absolute Gasteiger partial charge is 0.261 e. The molecule has 9 rings (SSSR count). The van der Waals surface area contributed by atoms with Gasteiger partial charge in [0.2, 0.25) is 17.7 Å². The van der Waals surface area contributed by atoms with E-state index in [2.05, 4.69) is 30.6 Å². The SMILES string of the molecule is CCc1cnn2c(NCc3ccc(OCC(=O)N4CC(=O)N(c5cc(C#N)ccn5)C(C(=O)N(c5cc(F)cc(F)c5)[C@H](C(=O)NC5CC(F)(F)C5)c5ccccc5Cl)C4)nc3)cc(N3CCCC[C@H]3CCO)nc12. The number of fused-ring (bicyclic) bond motifs is 1. The lowest BCUT2D eigenvalue weighted by Crippen LogP contribution is -2.65. The summed E-state index contributed by atoms with van der Waals surface area (Å²) >= 11 is 6.65. The molecule has 4 amide bonds. The highest BCUT2D eigenvalue weighted by Gasteiger charge is 2.49. The maximum Gasteiger partial charge on any atom is 0.261 e. The van der Waals surface area contributed by atoms with E-state index in [9.17, 15) is 33.5 Å². The van der Waals surface area contributed by atoms with Gasteiger partial charge in [0.05, 0.1) is 30.1 Å². The second-order valence-electron chi connectivity index (χ2n) is 18.6. The number of halogens is 5. The molecule has 2 saturated heterocycles. The Morgan fingerprint density at radius 3 is 2.51 bits per heavy atom. The molecule has 3 N–H and O–H groups in total. The summed E-state index contributed by atoms with van der Waals surface area (Å²) < 4.78 is 66.0. The Morgan fingerprint density at radius 2 is 1.80 bits per heavy atom. The molecule has 2 aromatic carbocycles. The summed E-state index contributed by atoms with van der Waals surface area (Å²) in [5.74, 6) is -7.89. The predicted molar refractivity (Wildman–Crippen MR) is 267 cm³/mol. The van der Waals surface area contributed by atoms with Gasteiger partial charge >= 0.3 is 0 Å². The molecule has 6 heterocycles. The number of piperidine rings is 1. The van der Waals surface area contributed by atoms with Crippen molar-refractivity contribution in [2.45, 2.75) is 88.5 Å². The number of anilines is 4. The summed E-state index contributed by atoms with van der Waals surface area (Å²) in [5.41, 5.74) is 1.91. The molecule has 23 heteroatoms. The Balaban J connectivity index is 0.964. The molecule has 18 nitrogen and oxygen atoms in total. The second-order valence-corrected chi connectivity index (χ2v) is 19.0. The van der Waals surface area contributed by atoms with Crippen LogP contribution in [0.15, 0.2) is 91.4 Å². The van der Waals surface area contributed by atoms with Crippen LogP contribution < -0.4 is 30.1 Å². The lowest BCUT2D eigenvalue weighted by atomic mass is 9.87. The normalized spacial score (nSPS) is 18.0. The molecule has 1 aliphatic carbocycles. The van der Waals surface area contributed by atoms with Gasteiger partial charge in [0.15, 0.2) is 12.3 Å². The molecule has 390 valence electrons. The molecule has 0 bridgehead atoms. The number of carbonyl (C=O) groups is 4. The van der Waals surface area contributed by atoms with E-state index in [0.29, 0.717) is 29.7 Å². The molecular formula is C52H51ClF4N12O6. The Bertz CT molecular complexity index is 3130. The van der Waals surface area contributed by atoms with Gasteiger partial charge in [-0.15, -0.1) is 0 Å². The zero-order valence-corrected chi connectivity index (χ0v) is 41.3. The lowest BCUT2D eigenvalue weighted by Gasteiger charge is -2.43. The van der Waals surface area contributed by atoms with Gasteiger partial charge in [-0.2, -0.15) is 14.9 Å². The maximum atomic E-state index is 15.5. The number of benzene rings is 2. The first kappa shape index (κ1) is 52.0. The number of ether oxygens (including phenoxy) is 1. The third-order valence-electron chi connectivity index (χ3n) is 13.5. The fourth-order valence-corrected chi connectivity index (χ4v) is 9.96. The number of aliphatic hydroxyl groups excluding tert-OH is 1. The Kier molecular flexibility index (Phi) is 15.5. The van der Waals surface area contributed by atoms with Gasteiger partial charge < -0.3 is 30.3 Å².